The van der Waals surface area contributed by atoms with E-state index in [1.54, 1.807) is 17.4 Å². The number of nitrogens with one attached hydrogen (secondary N) is 1. The Labute approximate surface area is 171 Å². The lowest BCUT2D eigenvalue weighted by molar-refractivity contribution is -0.135. The molecule has 2 amide bonds. The Kier molecular flexibility index (Phi) is 6.35. The maximum atomic E-state index is 13.1. The van der Waals surface area contributed by atoms with Gasteiger partial charge in [-0.15, -0.1) is 17.9 Å². The van der Waals surface area contributed by atoms with E-state index in [1.165, 1.54) is 10.4 Å². The number of thiophene rings is 1. The Morgan fingerprint density at radius 1 is 1.32 bits per heavy atom. The van der Waals surface area contributed by atoms with Gasteiger partial charge in [-0.2, -0.15) is 0 Å². The van der Waals surface area contributed by atoms with E-state index in [-0.39, 0.29) is 17.7 Å². The summed E-state index contributed by atoms with van der Waals surface area (Å²) < 4.78 is 0. The minimum atomic E-state index is -0.596. The molecule has 2 heterocycles. The fraction of sp³-hybridized carbons (Fsp3) is 0.391. The first-order chi connectivity index (χ1) is 13.4. The predicted octanol–water partition coefficient (Wildman–Crippen LogP) is 4.13. The molecule has 0 aliphatic carbocycles. The highest BCUT2D eigenvalue weighted by atomic mass is 32.1. The topological polar surface area (TPSA) is 49.4 Å². The lowest BCUT2D eigenvalue weighted by Gasteiger charge is -2.29. The molecule has 1 aliphatic rings. The van der Waals surface area contributed by atoms with Crippen molar-refractivity contribution in [3.05, 3.63) is 60.0 Å². The first-order valence-electron chi connectivity index (χ1n) is 9.76. The van der Waals surface area contributed by atoms with Gasteiger partial charge in [0.05, 0.1) is 5.41 Å². The molecule has 0 unspecified atom stereocenters. The Morgan fingerprint density at radius 2 is 2.14 bits per heavy atom. The lowest BCUT2D eigenvalue weighted by Crippen LogP contribution is -2.45. The van der Waals surface area contributed by atoms with Crippen molar-refractivity contribution in [1.82, 2.24) is 10.2 Å². The number of likely N-dealkylation sites (tertiary alicyclic amines) is 1. The van der Waals surface area contributed by atoms with E-state index in [0.717, 1.165) is 5.56 Å². The molecule has 1 fully saturated rings. The maximum absolute atomic E-state index is 13.1. The van der Waals surface area contributed by atoms with E-state index in [2.05, 4.69) is 41.5 Å². The van der Waals surface area contributed by atoms with Crippen LogP contribution < -0.4 is 5.32 Å². The van der Waals surface area contributed by atoms with E-state index < -0.39 is 5.41 Å². The maximum Gasteiger partial charge on any atom is 0.228 e. The number of hydrogen-bond acceptors (Lipinski definition) is 3. The molecule has 3 rings (SSSR count). The number of amides is 2. The highest BCUT2D eigenvalue weighted by molar-refractivity contribution is 7.13. The zero-order valence-corrected chi connectivity index (χ0v) is 17.4. The van der Waals surface area contributed by atoms with Crippen molar-refractivity contribution in [1.29, 1.82) is 0 Å². The molecule has 28 heavy (non-hydrogen) atoms. The summed E-state index contributed by atoms with van der Waals surface area (Å²) in [6.07, 6.45) is 2.99. The minimum absolute atomic E-state index is 0.00739. The third kappa shape index (κ3) is 4.36. The molecule has 0 saturated carbocycles. The van der Waals surface area contributed by atoms with Gasteiger partial charge in [0.1, 0.15) is 0 Å². The van der Waals surface area contributed by atoms with Crippen molar-refractivity contribution in [2.45, 2.75) is 26.7 Å². The fourth-order valence-electron chi connectivity index (χ4n) is 3.86. The first-order valence-corrected chi connectivity index (χ1v) is 10.6. The van der Waals surface area contributed by atoms with E-state index in [0.29, 0.717) is 32.5 Å². The summed E-state index contributed by atoms with van der Waals surface area (Å²) in [6, 6.07) is 12.5. The van der Waals surface area contributed by atoms with Crippen molar-refractivity contribution < 1.29 is 9.59 Å². The summed E-state index contributed by atoms with van der Waals surface area (Å²) in [5.41, 5.74) is 1.70. The molecular weight excluding hydrogens is 368 g/mol. The highest BCUT2D eigenvalue weighted by Gasteiger charge is 2.46. The van der Waals surface area contributed by atoms with E-state index in [9.17, 15) is 9.59 Å². The van der Waals surface area contributed by atoms with Crippen LogP contribution >= 0.6 is 11.3 Å². The Bertz CT molecular complexity index is 844. The van der Waals surface area contributed by atoms with Crippen molar-refractivity contribution in [2.75, 3.05) is 19.6 Å². The lowest BCUT2D eigenvalue weighted by atomic mass is 9.79. The molecule has 0 spiro atoms. The standard InChI is InChI=1S/C23H28N2O2S/c1-4-11-24-22(27)23(10-12-25(16-23)21(26)17(2)3)15-18-7-5-8-19(14-18)20-9-6-13-28-20/h4-9,13-14,17H,1,10-12,15-16H2,2-3H3,(H,24,27)/t23-/m1/s1. The van der Waals surface area contributed by atoms with Crippen molar-refractivity contribution >= 4 is 23.2 Å². The van der Waals surface area contributed by atoms with Crippen LogP contribution in [0.2, 0.25) is 0 Å². The number of nitrogens with zero attached hydrogens (tertiary/aromatic N) is 1. The molecule has 1 N–H and O–H groups in total. The zero-order valence-electron chi connectivity index (χ0n) is 16.6. The van der Waals surface area contributed by atoms with Crippen LogP contribution in [0.15, 0.2) is 54.4 Å². The predicted molar refractivity (Wildman–Crippen MR) is 115 cm³/mol. The second-order valence-electron chi connectivity index (χ2n) is 7.80. The van der Waals surface area contributed by atoms with Gasteiger partial charge >= 0.3 is 0 Å². The van der Waals surface area contributed by atoms with Crippen LogP contribution in [0, 0.1) is 11.3 Å². The number of carbonyl (C=O) groups excluding carboxylic acids is 2. The third-order valence-corrected chi connectivity index (χ3v) is 6.24. The molecule has 2 aromatic rings. The van der Waals surface area contributed by atoms with E-state index >= 15 is 0 Å². The van der Waals surface area contributed by atoms with Crippen LogP contribution in [0.4, 0.5) is 0 Å². The largest absolute Gasteiger partial charge is 0.352 e. The zero-order chi connectivity index (χ0) is 20.1. The van der Waals surface area contributed by atoms with Gasteiger partial charge < -0.3 is 10.2 Å². The molecule has 0 radical (unpaired) electrons. The van der Waals surface area contributed by atoms with Crippen LogP contribution in [0.5, 0.6) is 0 Å². The molecule has 1 aromatic carbocycles. The molecule has 5 heteroatoms. The van der Waals surface area contributed by atoms with Gasteiger partial charge in [-0.1, -0.05) is 50.3 Å². The monoisotopic (exact) mass is 396 g/mol. The van der Waals surface area contributed by atoms with Gasteiger partial charge in [0.15, 0.2) is 0 Å². The number of benzene rings is 1. The van der Waals surface area contributed by atoms with Crippen LogP contribution in [0.3, 0.4) is 0 Å². The normalized spacial score (nSPS) is 19.0. The highest BCUT2D eigenvalue weighted by Crippen LogP contribution is 2.36. The van der Waals surface area contributed by atoms with Gasteiger partial charge in [0, 0.05) is 30.4 Å². The minimum Gasteiger partial charge on any atom is -0.352 e. The number of carbonyl (C=O) groups is 2. The molecule has 1 saturated heterocycles. The quantitative estimate of drug-likeness (QED) is 0.715. The fourth-order valence-corrected chi connectivity index (χ4v) is 4.58. The summed E-state index contributed by atoms with van der Waals surface area (Å²) in [5.74, 6) is 0.0629. The summed E-state index contributed by atoms with van der Waals surface area (Å²) in [5, 5.41) is 5.04. The van der Waals surface area contributed by atoms with E-state index in [4.69, 9.17) is 0 Å². The second-order valence-corrected chi connectivity index (χ2v) is 8.75. The summed E-state index contributed by atoms with van der Waals surface area (Å²) >= 11 is 1.71. The molecule has 1 aromatic heterocycles. The Balaban J connectivity index is 1.86. The molecule has 1 aliphatic heterocycles. The van der Waals surface area contributed by atoms with Crippen LogP contribution in [0.25, 0.3) is 10.4 Å². The summed E-state index contributed by atoms with van der Waals surface area (Å²) in [4.78, 5) is 28.7. The van der Waals surface area contributed by atoms with Crippen molar-refractivity contribution in [3.8, 4) is 10.4 Å². The van der Waals surface area contributed by atoms with Gasteiger partial charge in [0.25, 0.3) is 0 Å². The molecule has 4 nitrogen and oxygen atoms in total. The Morgan fingerprint density at radius 3 is 2.82 bits per heavy atom. The second kappa shape index (κ2) is 8.74. The summed E-state index contributed by atoms with van der Waals surface area (Å²) in [7, 11) is 0. The van der Waals surface area contributed by atoms with Gasteiger partial charge in [-0.05, 0) is 35.4 Å². The SMILES string of the molecule is C=CCNC(=O)[C@@]1(Cc2cccc(-c3cccs3)c2)CCN(C(=O)C(C)C)C1. The molecular formula is C23H28N2O2S. The average Bonchev–Trinajstić information content (AvgIpc) is 3.36. The average molecular weight is 397 g/mol. The Hall–Kier alpha value is -2.40. The number of rotatable bonds is 7. The van der Waals surface area contributed by atoms with Crippen molar-refractivity contribution in [2.24, 2.45) is 11.3 Å². The van der Waals surface area contributed by atoms with Gasteiger partial charge in [-0.25, -0.2) is 0 Å². The molecule has 0 bridgehead atoms. The van der Waals surface area contributed by atoms with Crippen LogP contribution in [-0.4, -0.2) is 36.3 Å². The number of hydrogen-bond donors (Lipinski definition) is 1. The van der Waals surface area contributed by atoms with E-state index in [1.807, 2.05) is 30.9 Å². The van der Waals surface area contributed by atoms with Crippen LogP contribution in [0.1, 0.15) is 25.8 Å². The smallest absolute Gasteiger partial charge is 0.228 e. The summed E-state index contributed by atoms with van der Waals surface area (Å²) in [6.45, 7) is 9.04. The molecule has 148 valence electrons. The molecule has 1 atom stereocenters. The third-order valence-electron chi connectivity index (χ3n) is 5.32. The van der Waals surface area contributed by atoms with Crippen LogP contribution in [-0.2, 0) is 16.0 Å². The van der Waals surface area contributed by atoms with Gasteiger partial charge in [0.2, 0.25) is 11.8 Å². The first kappa shape index (κ1) is 20.3. The van der Waals surface area contributed by atoms with Gasteiger partial charge in [-0.3, -0.25) is 9.59 Å². The van der Waals surface area contributed by atoms with Crippen molar-refractivity contribution in [3.63, 3.8) is 0 Å².